The Bertz CT molecular complexity index is 623. The molecule has 2 aliphatic rings. The maximum atomic E-state index is 13.2. The largest absolute Gasteiger partial charge is 0.350 e. The summed E-state index contributed by atoms with van der Waals surface area (Å²) in [5.41, 5.74) is 0.611. The smallest absolute Gasteiger partial charge is 0.222 e. The van der Waals surface area contributed by atoms with Gasteiger partial charge in [0.15, 0.2) is 0 Å². The van der Waals surface area contributed by atoms with Crippen LogP contribution in [0.5, 0.6) is 0 Å². The van der Waals surface area contributed by atoms with Gasteiger partial charge in [-0.3, -0.25) is 9.59 Å². The van der Waals surface area contributed by atoms with Crippen LogP contribution in [0.3, 0.4) is 0 Å². The van der Waals surface area contributed by atoms with E-state index in [1.54, 1.807) is 12.1 Å². The summed E-state index contributed by atoms with van der Waals surface area (Å²) >= 11 is 0. The average molecular weight is 360 g/mol. The van der Waals surface area contributed by atoms with E-state index in [-0.39, 0.29) is 23.2 Å². The summed E-state index contributed by atoms with van der Waals surface area (Å²) < 4.78 is 13.2. The Labute approximate surface area is 155 Å². The molecule has 1 aromatic rings. The van der Waals surface area contributed by atoms with Gasteiger partial charge in [-0.25, -0.2) is 4.39 Å². The van der Waals surface area contributed by atoms with Crippen LogP contribution in [-0.2, 0) is 16.0 Å². The minimum atomic E-state index is -0.382. The molecule has 26 heavy (non-hydrogen) atoms. The number of nitrogens with one attached hydrogen (secondary N) is 1. The lowest BCUT2D eigenvalue weighted by Crippen LogP contribution is -2.45. The highest BCUT2D eigenvalue weighted by atomic mass is 19.1. The monoisotopic (exact) mass is 360 g/mol. The number of nitrogens with zero attached hydrogens (tertiary/aromatic N) is 1. The summed E-state index contributed by atoms with van der Waals surface area (Å²) in [6, 6.07) is 6.43. The standard InChI is InChI=1S/C21H29FN2O2/c22-18-8-6-17(7-9-18)16-21(12-10-19(25)23-21)13-11-20(26)24-14-4-2-1-3-5-15-24/h6-9H,1-5,10-16H2,(H,23,25)/t21-/m1/s1. The molecule has 2 saturated heterocycles. The average Bonchev–Trinajstić information content (AvgIpc) is 2.96. The highest BCUT2D eigenvalue weighted by Crippen LogP contribution is 2.30. The van der Waals surface area contributed by atoms with Crippen LogP contribution in [0.25, 0.3) is 0 Å². The van der Waals surface area contributed by atoms with Crippen molar-refractivity contribution in [3.05, 3.63) is 35.6 Å². The SMILES string of the molecule is O=C1CC[C@@](CCC(=O)N2CCCCCCC2)(Cc2ccc(F)cc2)N1. The molecule has 0 aliphatic carbocycles. The van der Waals surface area contributed by atoms with Gasteiger partial charge >= 0.3 is 0 Å². The van der Waals surface area contributed by atoms with E-state index in [9.17, 15) is 14.0 Å². The van der Waals surface area contributed by atoms with Crippen LogP contribution in [0.1, 0.15) is 63.4 Å². The van der Waals surface area contributed by atoms with Crippen molar-refractivity contribution in [3.63, 3.8) is 0 Å². The van der Waals surface area contributed by atoms with Crippen LogP contribution < -0.4 is 5.32 Å². The molecule has 1 aromatic carbocycles. The molecule has 1 atom stereocenters. The number of amides is 2. The van der Waals surface area contributed by atoms with Crippen LogP contribution in [0.4, 0.5) is 4.39 Å². The fraction of sp³-hybridized carbons (Fsp3) is 0.619. The van der Waals surface area contributed by atoms with E-state index in [4.69, 9.17) is 0 Å². The number of likely N-dealkylation sites (tertiary alicyclic amines) is 1. The molecule has 5 heteroatoms. The maximum Gasteiger partial charge on any atom is 0.222 e. The third kappa shape index (κ3) is 5.05. The molecule has 0 spiro atoms. The number of benzene rings is 1. The number of carbonyl (C=O) groups excluding carboxylic acids is 2. The summed E-state index contributed by atoms with van der Waals surface area (Å²) in [5, 5.41) is 3.11. The quantitative estimate of drug-likeness (QED) is 0.872. The van der Waals surface area contributed by atoms with Crippen molar-refractivity contribution in [2.75, 3.05) is 13.1 Å². The van der Waals surface area contributed by atoms with Crippen molar-refractivity contribution in [1.82, 2.24) is 10.2 Å². The second kappa shape index (κ2) is 8.65. The van der Waals surface area contributed by atoms with E-state index in [0.29, 0.717) is 25.7 Å². The molecule has 142 valence electrons. The summed E-state index contributed by atoms with van der Waals surface area (Å²) in [7, 11) is 0. The molecule has 0 radical (unpaired) electrons. The number of hydrogen-bond acceptors (Lipinski definition) is 2. The van der Waals surface area contributed by atoms with Crippen molar-refractivity contribution in [2.24, 2.45) is 0 Å². The first-order valence-corrected chi connectivity index (χ1v) is 9.90. The van der Waals surface area contributed by atoms with Crippen molar-refractivity contribution in [2.45, 2.75) is 69.7 Å². The fourth-order valence-electron chi connectivity index (χ4n) is 4.18. The molecule has 2 heterocycles. The van der Waals surface area contributed by atoms with Gasteiger partial charge in [-0.1, -0.05) is 31.4 Å². The normalized spacial score (nSPS) is 24.0. The van der Waals surface area contributed by atoms with Gasteiger partial charge in [0.05, 0.1) is 0 Å². The van der Waals surface area contributed by atoms with Crippen molar-refractivity contribution < 1.29 is 14.0 Å². The van der Waals surface area contributed by atoms with Crippen molar-refractivity contribution in [3.8, 4) is 0 Å². The Morgan fingerprint density at radius 1 is 1.08 bits per heavy atom. The summed E-state index contributed by atoms with van der Waals surface area (Å²) in [6.45, 7) is 1.71. The van der Waals surface area contributed by atoms with Gasteiger partial charge in [0, 0.05) is 31.5 Å². The predicted molar refractivity (Wildman–Crippen MR) is 99.1 cm³/mol. The van der Waals surface area contributed by atoms with Gasteiger partial charge in [0.1, 0.15) is 5.82 Å². The molecule has 3 rings (SSSR count). The van der Waals surface area contributed by atoms with Crippen LogP contribution in [0.2, 0.25) is 0 Å². The number of hydrogen-bond donors (Lipinski definition) is 1. The zero-order valence-corrected chi connectivity index (χ0v) is 15.4. The van der Waals surface area contributed by atoms with Gasteiger partial charge in [0.2, 0.25) is 11.8 Å². The molecule has 2 fully saturated rings. The highest BCUT2D eigenvalue weighted by Gasteiger charge is 2.38. The summed E-state index contributed by atoms with van der Waals surface area (Å²) in [6.07, 6.45) is 8.83. The molecule has 2 amide bonds. The van der Waals surface area contributed by atoms with Crippen LogP contribution in [-0.4, -0.2) is 35.3 Å². The lowest BCUT2D eigenvalue weighted by atomic mass is 9.85. The first kappa shape index (κ1) is 18.9. The molecule has 0 bridgehead atoms. The zero-order valence-electron chi connectivity index (χ0n) is 15.4. The fourth-order valence-corrected chi connectivity index (χ4v) is 4.18. The van der Waals surface area contributed by atoms with E-state index in [1.807, 2.05) is 4.90 Å². The Morgan fingerprint density at radius 3 is 2.35 bits per heavy atom. The minimum Gasteiger partial charge on any atom is -0.350 e. The van der Waals surface area contributed by atoms with E-state index >= 15 is 0 Å². The number of halogens is 1. The molecule has 4 nitrogen and oxygen atoms in total. The first-order chi connectivity index (χ1) is 12.6. The third-order valence-corrected chi connectivity index (χ3v) is 5.72. The highest BCUT2D eigenvalue weighted by molar-refractivity contribution is 5.80. The zero-order chi connectivity index (χ0) is 18.4. The van der Waals surface area contributed by atoms with Crippen molar-refractivity contribution >= 4 is 11.8 Å². The third-order valence-electron chi connectivity index (χ3n) is 5.72. The van der Waals surface area contributed by atoms with Gasteiger partial charge < -0.3 is 10.2 Å². The van der Waals surface area contributed by atoms with E-state index in [2.05, 4.69) is 5.32 Å². The lowest BCUT2D eigenvalue weighted by molar-refractivity contribution is -0.132. The topological polar surface area (TPSA) is 49.4 Å². The summed E-state index contributed by atoms with van der Waals surface area (Å²) in [4.78, 5) is 26.6. The van der Waals surface area contributed by atoms with Gasteiger partial charge in [-0.15, -0.1) is 0 Å². The van der Waals surface area contributed by atoms with E-state index in [1.165, 1.54) is 31.4 Å². The molecular formula is C21H29FN2O2. The van der Waals surface area contributed by atoms with E-state index in [0.717, 1.165) is 37.9 Å². The molecule has 2 aliphatic heterocycles. The molecule has 0 unspecified atom stereocenters. The maximum absolute atomic E-state index is 13.2. The van der Waals surface area contributed by atoms with Crippen molar-refractivity contribution in [1.29, 1.82) is 0 Å². The van der Waals surface area contributed by atoms with Crippen LogP contribution >= 0.6 is 0 Å². The molecule has 1 N–H and O–H groups in total. The van der Waals surface area contributed by atoms with Crippen LogP contribution in [0, 0.1) is 5.82 Å². The Kier molecular flexibility index (Phi) is 6.28. The van der Waals surface area contributed by atoms with Gasteiger partial charge in [-0.2, -0.15) is 0 Å². The number of rotatable bonds is 5. The Balaban J connectivity index is 1.61. The first-order valence-electron chi connectivity index (χ1n) is 9.90. The number of carbonyl (C=O) groups is 2. The summed E-state index contributed by atoms with van der Waals surface area (Å²) in [5.74, 6) is -0.0112. The second-order valence-corrected chi connectivity index (χ2v) is 7.78. The Morgan fingerprint density at radius 2 is 1.73 bits per heavy atom. The minimum absolute atomic E-state index is 0.0471. The Hall–Kier alpha value is -1.91. The van der Waals surface area contributed by atoms with Gasteiger partial charge in [-0.05, 0) is 49.8 Å². The second-order valence-electron chi connectivity index (χ2n) is 7.78. The van der Waals surface area contributed by atoms with Crippen LogP contribution in [0.15, 0.2) is 24.3 Å². The lowest BCUT2D eigenvalue weighted by Gasteiger charge is -2.31. The van der Waals surface area contributed by atoms with Gasteiger partial charge in [0.25, 0.3) is 0 Å². The van der Waals surface area contributed by atoms with E-state index < -0.39 is 0 Å². The predicted octanol–water partition coefficient (Wildman–Crippen LogP) is 3.59. The molecular weight excluding hydrogens is 331 g/mol. The molecule has 0 saturated carbocycles. The molecule has 0 aromatic heterocycles.